The van der Waals surface area contributed by atoms with Gasteiger partial charge in [-0.2, -0.15) is 4.98 Å². The molecule has 2 heterocycles. The molecule has 0 radical (unpaired) electrons. The fourth-order valence-corrected chi connectivity index (χ4v) is 3.61. The van der Waals surface area contributed by atoms with Crippen molar-refractivity contribution in [1.29, 1.82) is 0 Å². The van der Waals surface area contributed by atoms with Gasteiger partial charge in [-0.3, -0.25) is 4.79 Å². The Morgan fingerprint density at radius 3 is 2.27 bits per heavy atom. The van der Waals surface area contributed by atoms with Crippen molar-refractivity contribution in [2.75, 3.05) is 50.1 Å². The number of rotatable bonds is 7. The Bertz CT molecular complexity index is 1080. The maximum absolute atomic E-state index is 12.6. The van der Waals surface area contributed by atoms with Gasteiger partial charge < -0.3 is 24.6 Å². The van der Waals surface area contributed by atoms with Crippen molar-refractivity contribution < 1.29 is 14.3 Å². The van der Waals surface area contributed by atoms with Crippen LogP contribution in [-0.4, -0.2) is 60.7 Å². The number of aromatic nitrogens is 2. The predicted molar refractivity (Wildman–Crippen MR) is 129 cm³/mol. The highest BCUT2D eigenvalue weighted by Crippen LogP contribution is 2.21. The minimum atomic E-state index is -0.0118. The number of piperazine rings is 1. The Hall–Kier alpha value is -3.81. The third kappa shape index (κ3) is 5.91. The Balaban J connectivity index is 1.33. The molecular formula is C25H29N5O3. The maximum Gasteiger partial charge on any atom is 0.260 e. The first-order valence-electron chi connectivity index (χ1n) is 11.0. The Morgan fingerprint density at radius 1 is 0.939 bits per heavy atom. The molecule has 1 fully saturated rings. The summed E-state index contributed by atoms with van der Waals surface area (Å²) in [5, 5.41) is 3.32. The summed E-state index contributed by atoms with van der Waals surface area (Å²) in [6.07, 6.45) is 0. The van der Waals surface area contributed by atoms with Crippen LogP contribution in [0, 0.1) is 13.8 Å². The van der Waals surface area contributed by atoms with Crippen LogP contribution in [0.25, 0.3) is 0 Å². The number of hydrogen-bond acceptors (Lipinski definition) is 7. The first kappa shape index (κ1) is 22.4. The van der Waals surface area contributed by atoms with E-state index in [1.54, 1.807) is 7.11 Å². The number of ether oxygens (including phenoxy) is 2. The molecule has 0 unspecified atom stereocenters. The fraction of sp³-hybridized carbons (Fsp3) is 0.320. The smallest absolute Gasteiger partial charge is 0.260 e. The SMILES string of the molecule is COc1ccc(Nc2cc(C)nc(N3CCN(C(=O)COc4ccc(C)cc4)CC3)n2)cc1. The van der Waals surface area contributed by atoms with Crippen molar-refractivity contribution >= 4 is 23.4 Å². The van der Waals surface area contributed by atoms with Gasteiger partial charge >= 0.3 is 0 Å². The second-order valence-electron chi connectivity index (χ2n) is 8.02. The molecule has 0 saturated carbocycles. The molecule has 8 nitrogen and oxygen atoms in total. The molecule has 4 rings (SSSR count). The van der Waals surface area contributed by atoms with E-state index >= 15 is 0 Å². The van der Waals surface area contributed by atoms with Crippen molar-refractivity contribution in [3.05, 3.63) is 65.9 Å². The minimum absolute atomic E-state index is 0.0118. The Kier molecular flexibility index (Phi) is 6.92. The van der Waals surface area contributed by atoms with Gasteiger partial charge in [0, 0.05) is 43.6 Å². The van der Waals surface area contributed by atoms with Gasteiger partial charge in [0.15, 0.2) is 6.61 Å². The van der Waals surface area contributed by atoms with Crippen LogP contribution in [0.5, 0.6) is 11.5 Å². The average molecular weight is 448 g/mol. The molecule has 3 aromatic rings. The lowest BCUT2D eigenvalue weighted by atomic mass is 10.2. The van der Waals surface area contributed by atoms with Gasteiger partial charge in [0.05, 0.1) is 7.11 Å². The van der Waals surface area contributed by atoms with Gasteiger partial charge in [-0.25, -0.2) is 4.98 Å². The van der Waals surface area contributed by atoms with Crippen LogP contribution in [0.3, 0.4) is 0 Å². The summed E-state index contributed by atoms with van der Waals surface area (Å²) in [4.78, 5) is 25.8. The molecule has 0 spiro atoms. The average Bonchev–Trinajstić information content (AvgIpc) is 2.84. The fourth-order valence-electron chi connectivity index (χ4n) is 3.61. The van der Waals surface area contributed by atoms with Gasteiger partial charge in [0.1, 0.15) is 17.3 Å². The number of aryl methyl sites for hydroxylation is 2. The van der Waals surface area contributed by atoms with Crippen LogP contribution in [-0.2, 0) is 4.79 Å². The Labute approximate surface area is 194 Å². The number of nitrogens with zero attached hydrogens (tertiary/aromatic N) is 4. The zero-order valence-electron chi connectivity index (χ0n) is 19.2. The van der Waals surface area contributed by atoms with Gasteiger partial charge in [-0.15, -0.1) is 0 Å². The van der Waals surface area contributed by atoms with Crippen LogP contribution < -0.4 is 19.7 Å². The summed E-state index contributed by atoms with van der Waals surface area (Å²) in [6, 6.07) is 17.3. The van der Waals surface area contributed by atoms with E-state index in [-0.39, 0.29) is 12.5 Å². The van der Waals surface area contributed by atoms with Gasteiger partial charge in [0.2, 0.25) is 5.95 Å². The molecule has 1 amide bonds. The van der Waals surface area contributed by atoms with Crippen LogP contribution in [0.2, 0.25) is 0 Å². The number of nitrogens with one attached hydrogen (secondary N) is 1. The van der Waals surface area contributed by atoms with Gasteiger partial charge in [0.25, 0.3) is 5.91 Å². The molecule has 33 heavy (non-hydrogen) atoms. The van der Waals surface area contributed by atoms with E-state index in [0.29, 0.717) is 37.9 Å². The molecule has 1 aromatic heterocycles. The lowest BCUT2D eigenvalue weighted by Gasteiger charge is -2.34. The number of benzene rings is 2. The molecule has 1 aliphatic rings. The quantitative estimate of drug-likeness (QED) is 0.593. The number of carbonyl (C=O) groups excluding carboxylic acids is 1. The van der Waals surface area contributed by atoms with Crippen LogP contribution in [0.4, 0.5) is 17.5 Å². The van der Waals surface area contributed by atoms with E-state index < -0.39 is 0 Å². The van der Waals surface area contributed by atoms with Gasteiger partial charge in [-0.1, -0.05) is 17.7 Å². The number of methoxy groups -OCH3 is 1. The highest BCUT2D eigenvalue weighted by Gasteiger charge is 2.23. The molecule has 1 saturated heterocycles. The van der Waals surface area contributed by atoms with Crippen molar-refractivity contribution in [1.82, 2.24) is 14.9 Å². The molecule has 1 N–H and O–H groups in total. The number of amides is 1. The number of anilines is 3. The summed E-state index contributed by atoms with van der Waals surface area (Å²) in [7, 11) is 1.65. The summed E-state index contributed by atoms with van der Waals surface area (Å²) in [6.45, 7) is 6.56. The third-order valence-corrected chi connectivity index (χ3v) is 5.50. The minimum Gasteiger partial charge on any atom is -0.497 e. The van der Waals surface area contributed by atoms with Crippen LogP contribution in [0.15, 0.2) is 54.6 Å². The maximum atomic E-state index is 12.6. The van der Waals surface area contributed by atoms with Crippen molar-refractivity contribution in [2.45, 2.75) is 13.8 Å². The van der Waals surface area contributed by atoms with Gasteiger partial charge in [-0.05, 0) is 50.2 Å². The van der Waals surface area contributed by atoms with Crippen molar-refractivity contribution in [2.24, 2.45) is 0 Å². The third-order valence-electron chi connectivity index (χ3n) is 5.50. The molecular weight excluding hydrogens is 418 g/mol. The first-order valence-corrected chi connectivity index (χ1v) is 11.0. The van der Waals surface area contributed by atoms with E-state index in [1.165, 1.54) is 0 Å². The second-order valence-corrected chi connectivity index (χ2v) is 8.02. The van der Waals surface area contributed by atoms with E-state index in [2.05, 4.69) is 15.2 Å². The summed E-state index contributed by atoms with van der Waals surface area (Å²) >= 11 is 0. The highest BCUT2D eigenvalue weighted by molar-refractivity contribution is 5.78. The molecule has 0 bridgehead atoms. The standard InChI is InChI=1S/C25H29N5O3/c1-18-4-8-22(9-5-18)33-17-24(31)29-12-14-30(15-13-29)25-26-19(2)16-23(28-25)27-20-6-10-21(32-3)11-7-20/h4-11,16H,12-15,17H2,1-3H3,(H,26,27,28). The first-order chi connectivity index (χ1) is 16.0. The lowest BCUT2D eigenvalue weighted by molar-refractivity contribution is -0.133. The van der Waals surface area contributed by atoms with E-state index in [0.717, 1.165) is 28.5 Å². The zero-order valence-corrected chi connectivity index (χ0v) is 19.2. The number of hydrogen-bond donors (Lipinski definition) is 1. The zero-order chi connectivity index (χ0) is 23.2. The highest BCUT2D eigenvalue weighted by atomic mass is 16.5. The molecule has 0 aliphatic carbocycles. The molecule has 172 valence electrons. The predicted octanol–water partition coefficient (Wildman–Crippen LogP) is 3.57. The largest absolute Gasteiger partial charge is 0.497 e. The van der Waals surface area contributed by atoms with E-state index in [4.69, 9.17) is 14.5 Å². The van der Waals surface area contributed by atoms with Crippen LogP contribution in [0.1, 0.15) is 11.3 Å². The van der Waals surface area contributed by atoms with E-state index in [1.807, 2.05) is 73.3 Å². The van der Waals surface area contributed by atoms with Crippen molar-refractivity contribution in [3.63, 3.8) is 0 Å². The van der Waals surface area contributed by atoms with Crippen molar-refractivity contribution in [3.8, 4) is 11.5 Å². The Morgan fingerprint density at radius 2 is 1.61 bits per heavy atom. The summed E-state index contributed by atoms with van der Waals surface area (Å²) in [5.41, 5.74) is 2.95. The molecule has 1 aliphatic heterocycles. The molecule has 0 atom stereocenters. The molecule has 8 heteroatoms. The monoisotopic (exact) mass is 447 g/mol. The normalized spacial score (nSPS) is 13.5. The molecule has 2 aromatic carbocycles. The second kappa shape index (κ2) is 10.2. The summed E-state index contributed by atoms with van der Waals surface area (Å²) < 4.78 is 10.9. The summed E-state index contributed by atoms with van der Waals surface area (Å²) in [5.74, 6) is 2.89. The van der Waals surface area contributed by atoms with Crippen LogP contribution >= 0.6 is 0 Å². The topological polar surface area (TPSA) is 79.8 Å². The lowest BCUT2D eigenvalue weighted by Crippen LogP contribution is -2.50. The number of carbonyl (C=O) groups is 1. The van der Waals surface area contributed by atoms with E-state index in [9.17, 15) is 4.79 Å².